The van der Waals surface area contributed by atoms with E-state index in [1.807, 2.05) is 30.3 Å². The lowest BCUT2D eigenvalue weighted by Gasteiger charge is -2.29. The average molecular weight is 335 g/mol. The molecular formula is C17H25N3O4. The summed E-state index contributed by atoms with van der Waals surface area (Å²) in [5.74, 6) is 0. The van der Waals surface area contributed by atoms with E-state index in [-0.39, 0.29) is 18.2 Å². The molecule has 0 saturated carbocycles. The molecular weight excluding hydrogens is 310 g/mol. The Hall–Kier alpha value is -1.67. The minimum Gasteiger partial charge on any atom is -0.388 e. The molecule has 2 fully saturated rings. The topological polar surface area (TPSA) is 83.1 Å². The molecule has 7 nitrogen and oxygen atoms in total. The highest BCUT2D eigenvalue weighted by Gasteiger charge is 2.37. The van der Waals surface area contributed by atoms with E-state index < -0.39 is 6.10 Å². The molecule has 3 rings (SSSR count). The number of carbonyl (C=O) groups excluding carboxylic acids is 1. The van der Waals surface area contributed by atoms with Crippen molar-refractivity contribution in [3.8, 4) is 0 Å². The third-order valence-corrected chi connectivity index (χ3v) is 4.44. The predicted molar refractivity (Wildman–Crippen MR) is 88.6 cm³/mol. The van der Waals surface area contributed by atoms with Crippen molar-refractivity contribution in [3.05, 3.63) is 35.9 Å². The summed E-state index contributed by atoms with van der Waals surface area (Å²) in [5, 5.41) is 16.0. The summed E-state index contributed by atoms with van der Waals surface area (Å²) in [6.07, 6.45) is -0.974. The third kappa shape index (κ3) is 4.67. The number of aliphatic hydroxyl groups excluding tert-OH is 1. The molecule has 2 aliphatic rings. The molecule has 1 aromatic rings. The van der Waals surface area contributed by atoms with E-state index in [0.29, 0.717) is 32.9 Å². The van der Waals surface area contributed by atoms with Gasteiger partial charge in [-0.05, 0) is 5.56 Å². The van der Waals surface area contributed by atoms with Crippen molar-refractivity contribution >= 4 is 6.03 Å². The summed E-state index contributed by atoms with van der Waals surface area (Å²) >= 11 is 0. The third-order valence-electron chi connectivity index (χ3n) is 4.44. The SMILES string of the molecule is O=C(NCc1ccccc1)N[C@H]1CO[C@@H](CN2CCOCC2)[C@@H]1O. The van der Waals surface area contributed by atoms with Gasteiger partial charge in [0.1, 0.15) is 6.10 Å². The molecule has 132 valence electrons. The first-order valence-electron chi connectivity index (χ1n) is 8.40. The Morgan fingerprint density at radius 1 is 1.25 bits per heavy atom. The van der Waals surface area contributed by atoms with Gasteiger partial charge in [-0.25, -0.2) is 4.79 Å². The minimum atomic E-state index is -0.699. The van der Waals surface area contributed by atoms with Crippen LogP contribution in [0.4, 0.5) is 4.79 Å². The zero-order valence-electron chi connectivity index (χ0n) is 13.7. The van der Waals surface area contributed by atoms with Crippen LogP contribution in [0.5, 0.6) is 0 Å². The van der Waals surface area contributed by atoms with Gasteiger partial charge in [-0.2, -0.15) is 0 Å². The number of hydrogen-bond acceptors (Lipinski definition) is 5. The molecule has 0 unspecified atom stereocenters. The highest BCUT2D eigenvalue weighted by molar-refractivity contribution is 5.74. The Kier molecular flexibility index (Phi) is 6.03. The van der Waals surface area contributed by atoms with E-state index in [1.54, 1.807) is 0 Å². The van der Waals surface area contributed by atoms with Crippen molar-refractivity contribution in [1.29, 1.82) is 0 Å². The van der Waals surface area contributed by atoms with Gasteiger partial charge in [0.2, 0.25) is 0 Å². The van der Waals surface area contributed by atoms with E-state index in [1.165, 1.54) is 0 Å². The van der Waals surface area contributed by atoms with Gasteiger partial charge in [-0.3, -0.25) is 4.90 Å². The number of nitrogens with one attached hydrogen (secondary N) is 2. The van der Waals surface area contributed by atoms with Crippen LogP contribution in [0.1, 0.15) is 5.56 Å². The predicted octanol–water partition coefficient (Wildman–Crippen LogP) is -0.0537. The Morgan fingerprint density at radius 2 is 2.00 bits per heavy atom. The number of hydrogen-bond donors (Lipinski definition) is 3. The first-order chi connectivity index (χ1) is 11.7. The maximum absolute atomic E-state index is 12.0. The smallest absolute Gasteiger partial charge is 0.315 e. The molecule has 1 aromatic carbocycles. The van der Waals surface area contributed by atoms with Crippen LogP contribution >= 0.6 is 0 Å². The van der Waals surface area contributed by atoms with Crippen LogP contribution in [0.3, 0.4) is 0 Å². The van der Waals surface area contributed by atoms with Gasteiger partial charge in [0.25, 0.3) is 0 Å². The zero-order chi connectivity index (χ0) is 16.8. The lowest BCUT2D eigenvalue weighted by Crippen LogP contribution is -2.50. The molecule has 0 bridgehead atoms. The molecule has 3 N–H and O–H groups in total. The molecule has 0 aliphatic carbocycles. The van der Waals surface area contributed by atoms with Crippen LogP contribution in [-0.4, -0.2) is 73.7 Å². The average Bonchev–Trinajstić information content (AvgIpc) is 2.95. The summed E-state index contributed by atoms with van der Waals surface area (Å²) in [5.41, 5.74) is 1.03. The van der Waals surface area contributed by atoms with Crippen molar-refractivity contribution in [3.63, 3.8) is 0 Å². The first-order valence-corrected chi connectivity index (χ1v) is 8.40. The fraction of sp³-hybridized carbons (Fsp3) is 0.588. The Balaban J connectivity index is 1.41. The van der Waals surface area contributed by atoms with Gasteiger partial charge in [0, 0.05) is 26.2 Å². The summed E-state index contributed by atoms with van der Waals surface area (Å²) in [7, 11) is 0. The van der Waals surface area contributed by atoms with Crippen molar-refractivity contribution in [1.82, 2.24) is 15.5 Å². The number of benzene rings is 1. The Bertz CT molecular complexity index is 522. The number of morpholine rings is 1. The summed E-state index contributed by atoms with van der Waals surface area (Å²) in [6.45, 7) is 4.57. The molecule has 2 heterocycles. The van der Waals surface area contributed by atoms with Gasteiger partial charge < -0.3 is 25.2 Å². The number of ether oxygens (including phenoxy) is 2. The lowest BCUT2D eigenvalue weighted by molar-refractivity contribution is -0.0180. The van der Waals surface area contributed by atoms with Gasteiger partial charge in [0.15, 0.2) is 0 Å². The summed E-state index contributed by atoms with van der Waals surface area (Å²) in [6, 6.07) is 9.02. The van der Waals surface area contributed by atoms with Crippen molar-refractivity contribution in [2.75, 3.05) is 39.5 Å². The highest BCUT2D eigenvalue weighted by atomic mass is 16.5. The monoisotopic (exact) mass is 335 g/mol. The number of nitrogens with zero attached hydrogens (tertiary/aromatic N) is 1. The minimum absolute atomic E-state index is 0.275. The fourth-order valence-electron chi connectivity index (χ4n) is 3.01. The second-order valence-corrected chi connectivity index (χ2v) is 6.19. The molecule has 0 radical (unpaired) electrons. The highest BCUT2D eigenvalue weighted by Crippen LogP contribution is 2.16. The number of carbonyl (C=O) groups is 1. The maximum Gasteiger partial charge on any atom is 0.315 e. The van der Waals surface area contributed by atoms with E-state index in [0.717, 1.165) is 18.7 Å². The van der Waals surface area contributed by atoms with Crippen molar-refractivity contribution in [2.45, 2.75) is 24.8 Å². The lowest BCUT2D eigenvalue weighted by atomic mass is 10.1. The molecule has 0 aromatic heterocycles. The van der Waals surface area contributed by atoms with Crippen LogP contribution < -0.4 is 10.6 Å². The zero-order valence-corrected chi connectivity index (χ0v) is 13.7. The number of amides is 2. The summed E-state index contributed by atoms with van der Waals surface area (Å²) < 4.78 is 11.0. The largest absolute Gasteiger partial charge is 0.388 e. The second-order valence-electron chi connectivity index (χ2n) is 6.19. The maximum atomic E-state index is 12.0. The molecule has 24 heavy (non-hydrogen) atoms. The van der Waals surface area contributed by atoms with Crippen LogP contribution in [0.15, 0.2) is 30.3 Å². The van der Waals surface area contributed by atoms with Crippen LogP contribution in [0.2, 0.25) is 0 Å². The van der Waals surface area contributed by atoms with Crippen molar-refractivity contribution in [2.24, 2.45) is 0 Å². The standard InChI is InChI=1S/C17H25N3O4/c21-16-14(12-24-15(16)11-20-6-8-23-9-7-20)19-17(22)18-10-13-4-2-1-3-5-13/h1-5,14-16,21H,6-12H2,(H2,18,19,22)/t14-,15-,16+/m0/s1. The van der Waals surface area contributed by atoms with Gasteiger partial charge in [0.05, 0.1) is 32.0 Å². The van der Waals surface area contributed by atoms with E-state index >= 15 is 0 Å². The van der Waals surface area contributed by atoms with Gasteiger partial charge >= 0.3 is 6.03 Å². The molecule has 0 spiro atoms. The molecule has 3 atom stereocenters. The van der Waals surface area contributed by atoms with Crippen LogP contribution in [-0.2, 0) is 16.0 Å². The Labute approximate surface area is 141 Å². The quantitative estimate of drug-likeness (QED) is 0.703. The fourth-order valence-corrected chi connectivity index (χ4v) is 3.01. The van der Waals surface area contributed by atoms with Gasteiger partial charge in [-0.15, -0.1) is 0 Å². The number of urea groups is 1. The molecule has 2 amide bonds. The summed E-state index contributed by atoms with van der Waals surface area (Å²) in [4.78, 5) is 14.2. The normalized spacial score (nSPS) is 27.8. The second kappa shape index (κ2) is 8.43. The van der Waals surface area contributed by atoms with Crippen LogP contribution in [0, 0.1) is 0 Å². The van der Waals surface area contributed by atoms with E-state index in [9.17, 15) is 9.90 Å². The van der Waals surface area contributed by atoms with Gasteiger partial charge in [-0.1, -0.05) is 30.3 Å². The van der Waals surface area contributed by atoms with Crippen molar-refractivity contribution < 1.29 is 19.4 Å². The molecule has 7 heteroatoms. The molecule has 2 aliphatic heterocycles. The first kappa shape index (κ1) is 17.2. The molecule has 2 saturated heterocycles. The van der Waals surface area contributed by atoms with E-state index in [4.69, 9.17) is 9.47 Å². The van der Waals surface area contributed by atoms with E-state index in [2.05, 4.69) is 15.5 Å². The Morgan fingerprint density at radius 3 is 2.75 bits per heavy atom. The van der Waals surface area contributed by atoms with Crippen LogP contribution in [0.25, 0.3) is 0 Å². The number of rotatable bonds is 5. The number of aliphatic hydroxyl groups is 1.